The molecule has 2 aromatic carbocycles. The van der Waals surface area contributed by atoms with Crippen molar-refractivity contribution in [1.29, 1.82) is 0 Å². The van der Waals surface area contributed by atoms with Crippen LogP contribution in [0.15, 0.2) is 106 Å². The third kappa shape index (κ3) is 10.1. The summed E-state index contributed by atoms with van der Waals surface area (Å²) in [6, 6.07) is 9.47. The maximum absolute atomic E-state index is 15.3. The molecule has 2 saturated heterocycles. The third-order valence-corrected chi connectivity index (χ3v) is 13.3. The van der Waals surface area contributed by atoms with Gasteiger partial charge in [0, 0.05) is 0 Å². The van der Waals surface area contributed by atoms with Gasteiger partial charge in [-0.05, 0) is 47.5 Å². The van der Waals surface area contributed by atoms with Crippen LogP contribution in [0.3, 0.4) is 0 Å². The Hall–Kier alpha value is -6.32. The maximum atomic E-state index is 15.3. The fraction of sp³-hybridized carbons (Fsp3) is 0.417. The van der Waals surface area contributed by atoms with Gasteiger partial charge in [0.1, 0.15) is 125 Å². The highest BCUT2D eigenvalue weighted by Gasteiger charge is 2.68. The number of allylic oxidation sites excluding steroid dienone is 4. The Morgan fingerprint density at radius 3 is 1.17 bits per heavy atom. The SMILES string of the molecule is O=C1C(=C(O)/C=C/c2ccc(O)cc2)C(O)=C(C(C2=C(O)C(=C(O)/C=C/c3ccc(O)cc3)C(=O)[C@](O)([C@H]3O[C@@H](CO)[C@@H](O)[C@@H](O)[C@@H]3O)C2=O)[C@@H](O)[C@H](O)[C@@H](O)[C@H](O)CO)C(=O)[C@@]1(O)[C@@H]1O[C@H](CO)[C@@H](O)[C@H](O)[C@@H]1O. The van der Waals surface area contributed by atoms with Crippen molar-refractivity contribution in [2.45, 2.75) is 96.7 Å². The molecule has 21 N–H and O–H groups in total. The molecule has 0 bridgehead atoms. The van der Waals surface area contributed by atoms with Crippen LogP contribution in [0, 0.1) is 5.92 Å². The van der Waals surface area contributed by atoms with Gasteiger partial charge in [-0.2, -0.15) is 0 Å². The monoisotopic (exact) mass is 1060 g/mol. The topological polar surface area (TPSA) is 512 Å². The number of phenols is 2. The first-order chi connectivity index (χ1) is 35.2. The summed E-state index contributed by atoms with van der Waals surface area (Å²) in [5.41, 5.74) is -15.7. The largest absolute Gasteiger partial charge is 0.508 e. The van der Waals surface area contributed by atoms with Gasteiger partial charge in [-0.3, -0.25) is 19.2 Å². The smallest absolute Gasteiger partial charge is 0.219 e. The quantitative estimate of drug-likeness (QED) is 0.0448. The van der Waals surface area contributed by atoms with Crippen LogP contribution in [0.5, 0.6) is 11.5 Å². The summed E-state index contributed by atoms with van der Waals surface area (Å²) >= 11 is 0. The first-order valence-electron chi connectivity index (χ1n) is 22.4. The summed E-state index contributed by atoms with van der Waals surface area (Å²) in [4.78, 5) is 60.1. The predicted octanol–water partition coefficient (Wildman–Crippen LogP) is -6.42. The number of hydrogen-bond acceptors (Lipinski definition) is 27. The number of aliphatic hydroxyl groups is 19. The molecule has 2 aliphatic heterocycles. The number of carbonyl (C=O) groups is 4. The van der Waals surface area contributed by atoms with E-state index in [9.17, 15) is 117 Å². The van der Waals surface area contributed by atoms with Crippen LogP contribution in [0.2, 0.25) is 0 Å². The van der Waals surface area contributed by atoms with Crippen molar-refractivity contribution in [3.8, 4) is 11.5 Å². The summed E-state index contributed by atoms with van der Waals surface area (Å²) < 4.78 is 10.7. The number of phenolic OH excluding ortho intramolecular Hbond substituents is 2. The summed E-state index contributed by atoms with van der Waals surface area (Å²) in [5, 5.41) is 233. The fourth-order valence-corrected chi connectivity index (χ4v) is 9.07. The highest BCUT2D eigenvalue weighted by molar-refractivity contribution is 6.31. The van der Waals surface area contributed by atoms with Crippen molar-refractivity contribution in [3.63, 3.8) is 0 Å². The standard InChI is InChI=1S/C48H54O27/c49-13-22(56)30(57)36(63)35(62)27(28-33(60)25(20(54)11-5-16-1-7-18(52)8-2-16)41(68)47(72,43(28)70)45-39(66)37(64)31(58)23(14-50)74-45)29-34(61)26(21(55)12-6-17-3-9-19(53)10-4-17)42(69)48(73,44(29)71)46-40(67)38(65)32(59)24(15-51)75-46/h1-12,22-24,27,30-32,35-40,45-46,49-67,72-73H,13-15H2/b11-5+,12-6+,25-20?,26-21?/t22-,23-,24+,27?,30+,31-,32-,35-,36-,37+,38-,39+,40+,45-,46+,47-,48-/m1/s1. The molecule has 27 nitrogen and oxygen atoms in total. The molecule has 6 rings (SSSR count). The molecule has 0 spiro atoms. The fourth-order valence-electron chi connectivity index (χ4n) is 9.07. The molecule has 408 valence electrons. The minimum atomic E-state index is -4.30. The van der Waals surface area contributed by atoms with Gasteiger partial charge in [0.2, 0.25) is 34.3 Å². The highest BCUT2D eigenvalue weighted by Crippen LogP contribution is 2.48. The molecule has 2 aliphatic carbocycles. The van der Waals surface area contributed by atoms with Gasteiger partial charge in [-0.1, -0.05) is 36.4 Å². The molecular formula is C48H54O27. The van der Waals surface area contributed by atoms with E-state index >= 15 is 9.59 Å². The number of aliphatic hydroxyl groups excluding tert-OH is 17. The Bertz CT molecular complexity index is 2530. The molecule has 17 atom stereocenters. The first-order valence-corrected chi connectivity index (χ1v) is 22.4. The zero-order valence-corrected chi connectivity index (χ0v) is 38.6. The van der Waals surface area contributed by atoms with Gasteiger partial charge in [0.25, 0.3) is 0 Å². The van der Waals surface area contributed by atoms with Crippen molar-refractivity contribution in [2.24, 2.45) is 5.92 Å². The number of rotatable bonds is 15. The summed E-state index contributed by atoms with van der Waals surface area (Å²) in [6.07, 6.45) is -34.3. The molecule has 75 heavy (non-hydrogen) atoms. The lowest BCUT2D eigenvalue weighted by atomic mass is 9.62. The second-order valence-electron chi connectivity index (χ2n) is 17.9. The number of aromatic hydroxyl groups is 2. The van der Waals surface area contributed by atoms with E-state index in [0.29, 0.717) is 12.2 Å². The molecule has 27 heteroatoms. The van der Waals surface area contributed by atoms with Crippen molar-refractivity contribution in [1.82, 2.24) is 0 Å². The van der Waals surface area contributed by atoms with E-state index in [-0.39, 0.29) is 22.6 Å². The lowest BCUT2D eigenvalue weighted by Gasteiger charge is -2.48. The van der Waals surface area contributed by atoms with E-state index in [1.807, 2.05) is 0 Å². The van der Waals surface area contributed by atoms with E-state index in [2.05, 4.69) is 0 Å². The minimum absolute atomic E-state index is 0.0960. The van der Waals surface area contributed by atoms with Crippen molar-refractivity contribution >= 4 is 35.3 Å². The predicted molar refractivity (Wildman–Crippen MR) is 245 cm³/mol. The molecule has 0 aromatic heterocycles. The van der Waals surface area contributed by atoms with Crippen molar-refractivity contribution < 1.29 is 136 Å². The summed E-state index contributed by atoms with van der Waals surface area (Å²) in [6.45, 7) is -4.07. The number of benzene rings is 2. The van der Waals surface area contributed by atoms with Gasteiger partial charge in [-0.15, -0.1) is 0 Å². The summed E-state index contributed by atoms with van der Waals surface area (Å²) in [5.74, 6) is -20.2. The van der Waals surface area contributed by atoms with Crippen LogP contribution < -0.4 is 0 Å². The normalized spacial score (nSPS) is 34.5. The Morgan fingerprint density at radius 2 is 0.853 bits per heavy atom. The molecule has 2 aromatic rings. The van der Waals surface area contributed by atoms with Gasteiger partial charge in [-0.25, -0.2) is 0 Å². The van der Waals surface area contributed by atoms with E-state index < -0.39 is 191 Å². The van der Waals surface area contributed by atoms with E-state index in [1.165, 1.54) is 24.3 Å². The molecule has 0 radical (unpaired) electrons. The van der Waals surface area contributed by atoms with Gasteiger partial charge in [0.15, 0.2) is 0 Å². The van der Waals surface area contributed by atoms with Crippen molar-refractivity contribution in [2.75, 3.05) is 19.8 Å². The van der Waals surface area contributed by atoms with Crippen LogP contribution in [0.1, 0.15) is 11.1 Å². The Balaban J connectivity index is 1.77. The number of Topliss-reactive ketones (excluding diaryl/α,β-unsaturated/α-hetero) is 4. The van der Waals surface area contributed by atoms with Crippen LogP contribution in [0.4, 0.5) is 0 Å². The Morgan fingerprint density at radius 1 is 0.507 bits per heavy atom. The van der Waals surface area contributed by atoms with Crippen LogP contribution >= 0.6 is 0 Å². The second-order valence-corrected chi connectivity index (χ2v) is 17.9. The average molecular weight is 1060 g/mol. The van der Waals surface area contributed by atoms with Gasteiger partial charge >= 0.3 is 0 Å². The first kappa shape index (κ1) is 57.9. The van der Waals surface area contributed by atoms with Crippen molar-refractivity contribution in [3.05, 3.63) is 117 Å². The van der Waals surface area contributed by atoms with E-state index in [4.69, 9.17) is 9.47 Å². The Kier molecular flexibility index (Phi) is 17.4. The molecule has 4 aliphatic rings. The zero-order valence-electron chi connectivity index (χ0n) is 38.6. The molecule has 0 amide bonds. The molecular weight excluding hydrogens is 1010 g/mol. The van der Waals surface area contributed by atoms with Crippen LogP contribution in [0.25, 0.3) is 12.2 Å². The lowest BCUT2D eigenvalue weighted by molar-refractivity contribution is -0.261. The number of ketones is 4. The highest BCUT2D eigenvalue weighted by atomic mass is 16.6. The van der Waals surface area contributed by atoms with Crippen LogP contribution in [-0.2, 0) is 28.7 Å². The maximum Gasteiger partial charge on any atom is 0.219 e. The Labute approximate surface area is 421 Å². The molecule has 0 saturated carbocycles. The van der Waals surface area contributed by atoms with Gasteiger partial charge in [0.05, 0.1) is 43.0 Å². The van der Waals surface area contributed by atoms with Crippen LogP contribution in [-0.4, -0.2) is 247 Å². The second kappa shape index (κ2) is 22.5. The number of ether oxygens (including phenoxy) is 2. The molecule has 1 unspecified atom stereocenters. The number of hydrogen-bond donors (Lipinski definition) is 21. The zero-order chi connectivity index (χ0) is 55.9. The van der Waals surface area contributed by atoms with E-state index in [0.717, 1.165) is 36.4 Å². The van der Waals surface area contributed by atoms with Gasteiger partial charge < -0.3 is 117 Å². The third-order valence-electron chi connectivity index (χ3n) is 13.3. The lowest BCUT2D eigenvalue weighted by Crippen LogP contribution is -2.72. The van der Waals surface area contributed by atoms with E-state index in [1.54, 1.807) is 0 Å². The summed E-state index contributed by atoms with van der Waals surface area (Å²) in [7, 11) is 0. The number of carbonyl (C=O) groups excluding carboxylic acids is 4. The minimum Gasteiger partial charge on any atom is -0.508 e. The average Bonchev–Trinajstić information content (AvgIpc) is 3.39. The molecule has 2 heterocycles. The molecule has 2 fully saturated rings.